The molecule has 0 fully saturated rings. The third-order valence-electron chi connectivity index (χ3n) is 4.54. The quantitative estimate of drug-likeness (QED) is 0.538. The van der Waals surface area contributed by atoms with Crippen molar-refractivity contribution in [3.05, 3.63) is 58.9 Å². The first-order valence-electron chi connectivity index (χ1n) is 8.97. The van der Waals surface area contributed by atoms with Crippen LogP contribution in [-0.4, -0.2) is 40.9 Å². The van der Waals surface area contributed by atoms with E-state index in [0.29, 0.717) is 16.7 Å². The zero-order valence-corrected chi connectivity index (χ0v) is 17.5. The Balaban J connectivity index is 1.57. The maximum atomic E-state index is 13.8. The number of ether oxygens (including phenoxy) is 1. The molecule has 0 unspecified atom stereocenters. The molecule has 0 radical (unpaired) electrons. The summed E-state index contributed by atoms with van der Waals surface area (Å²) in [4.78, 5) is 13.9. The summed E-state index contributed by atoms with van der Waals surface area (Å²) in [5.74, 6) is 0.158. The monoisotopic (exact) mass is 415 g/mol. The molecule has 8 heteroatoms. The molecule has 2 aromatic carbocycles. The lowest BCUT2D eigenvalue weighted by Gasteiger charge is -2.17. The highest BCUT2D eigenvalue weighted by molar-refractivity contribution is 7.99. The van der Waals surface area contributed by atoms with E-state index in [1.807, 2.05) is 32.0 Å². The number of carbonyl (C=O) groups is 1. The molecule has 1 heterocycles. The number of hydrogen-bond donors (Lipinski definition) is 0. The zero-order valence-electron chi connectivity index (χ0n) is 16.7. The van der Waals surface area contributed by atoms with Gasteiger partial charge in [0.15, 0.2) is 11.6 Å². The van der Waals surface area contributed by atoms with Crippen molar-refractivity contribution in [1.29, 1.82) is 0 Å². The summed E-state index contributed by atoms with van der Waals surface area (Å²) in [6.07, 6.45) is 0. The van der Waals surface area contributed by atoms with Crippen LogP contribution in [0.1, 0.15) is 16.7 Å². The number of hydrogen-bond acceptors (Lipinski definition) is 6. The van der Waals surface area contributed by atoms with E-state index in [9.17, 15) is 9.18 Å². The Hall–Kier alpha value is -2.87. The highest BCUT2D eigenvalue weighted by Crippen LogP contribution is 2.25. The molecular formula is C21H22FN3O3S. The maximum Gasteiger partial charge on any atom is 0.277 e. The second-order valence-corrected chi connectivity index (χ2v) is 7.61. The van der Waals surface area contributed by atoms with Gasteiger partial charge in [-0.05, 0) is 54.8 Å². The first kappa shape index (κ1) is 20.9. The number of benzene rings is 2. The van der Waals surface area contributed by atoms with Gasteiger partial charge in [0, 0.05) is 19.2 Å². The number of thioether (sulfide) groups is 1. The molecule has 3 aromatic rings. The second-order valence-electron chi connectivity index (χ2n) is 6.68. The first-order valence-corrected chi connectivity index (χ1v) is 9.96. The van der Waals surface area contributed by atoms with Gasteiger partial charge >= 0.3 is 0 Å². The highest BCUT2D eigenvalue weighted by Gasteiger charge is 2.15. The highest BCUT2D eigenvalue weighted by atomic mass is 32.2. The lowest BCUT2D eigenvalue weighted by Crippen LogP contribution is -2.27. The molecule has 1 amide bonds. The Kier molecular flexibility index (Phi) is 6.53. The van der Waals surface area contributed by atoms with E-state index < -0.39 is 5.82 Å². The maximum absolute atomic E-state index is 13.8. The minimum absolute atomic E-state index is 0.128. The number of nitrogens with zero attached hydrogens (tertiary/aromatic N) is 3. The fourth-order valence-electron chi connectivity index (χ4n) is 2.66. The molecule has 0 aliphatic rings. The van der Waals surface area contributed by atoms with E-state index >= 15 is 0 Å². The molecule has 0 atom stereocenters. The summed E-state index contributed by atoms with van der Waals surface area (Å²) in [5.41, 5.74) is 3.85. The third-order valence-corrected chi connectivity index (χ3v) is 5.34. The average Bonchev–Trinajstić information content (AvgIpc) is 3.17. The SMILES string of the molecule is COc1ccc(CN(C)C(=O)CSc2nnc(-c3ccc(C)c(C)c3)o2)cc1F. The van der Waals surface area contributed by atoms with Crippen LogP contribution in [-0.2, 0) is 11.3 Å². The van der Waals surface area contributed by atoms with Crippen molar-refractivity contribution in [3.8, 4) is 17.2 Å². The summed E-state index contributed by atoms with van der Waals surface area (Å²) in [5, 5.41) is 8.39. The van der Waals surface area contributed by atoms with Crippen LogP contribution < -0.4 is 4.74 Å². The van der Waals surface area contributed by atoms with Crippen LogP contribution in [0.25, 0.3) is 11.5 Å². The average molecular weight is 415 g/mol. The molecule has 0 N–H and O–H groups in total. The predicted octanol–water partition coefficient (Wildman–Crippen LogP) is 4.25. The molecule has 0 bridgehead atoms. The fourth-order valence-corrected chi connectivity index (χ4v) is 3.37. The number of rotatable bonds is 7. The minimum Gasteiger partial charge on any atom is -0.494 e. The summed E-state index contributed by atoms with van der Waals surface area (Å²) >= 11 is 1.17. The van der Waals surface area contributed by atoms with Crippen LogP contribution in [0.5, 0.6) is 5.75 Å². The molecule has 0 aliphatic carbocycles. The lowest BCUT2D eigenvalue weighted by atomic mass is 10.1. The van der Waals surface area contributed by atoms with Gasteiger partial charge in [0.2, 0.25) is 11.8 Å². The van der Waals surface area contributed by atoms with Crippen molar-refractivity contribution in [2.45, 2.75) is 25.6 Å². The Bertz CT molecular complexity index is 1020. The van der Waals surface area contributed by atoms with Crippen molar-refractivity contribution in [1.82, 2.24) is 15.1 Å². The van der Waals surface area contributed by atoms with E-state index in [-0.39, 0.29) is 24.0 Å². The van der Waals surface area contributed by atoms with Gasteiger partial charge in [-0.3, -0.25) is 4.79 Å². The zero-order chi connectivity index (χ0) is 21.0. The van der Waals surface area contributed by atoms with E-state index in [1.165, 1.54) is 35.4 Å². The smallest absolute Gasteiger partial charge is 0.277 e. The van der Waals surface area contributed by atoms with Crippen LogP contribution in [0.15, 0.2) is 46.0 Å². The van der Waals surface area contributed by atoms with E-state index in [4.69, 9.17) is 9.15 Å². The molecule has 0 saturated carbocycles. The van der Waals surface area contributed by atoms with Crippen molar-refractivity contribution in [2.75, 3.05) is 19.9 Å². The van der Waals surface area contributed by atoms with Crippen molar-refractivity contribution >= 4 is 17.7 Å². The third kappa shape index (κ3) is 5.14. The van der Waals surface area contributed by atoms with Crippen LogP contribution >= 0.6 is 11.8 Å². The van der Waals surface area contributed by atoms with Crippen molar-refractivity contribution in [3.63, 3.8) is 0 Å². The Morgan fingerprint density at radius 1 is 1.17 bits per heavy atom. The molecule has 1 aromatic heterocycles. The lowest BCUT2D eigenvalue weighted by molar-refractivity contribution is -0.127. The van der Waals surface area contributed by atoms with E-state index in [1.54, 1.807) is 19.2 Å². The van der Waals surface area contributed by atoms with E-state index in [2.05, 4.69) is 10.2 Å². The summed E-state index contributed by atoms with van der Waals surface area (Å²) < 4.78 is 24.4. The Labute approximate surface area is 173 Å². The van der Waals surface area contributed by atoms with Gasteiger partial charge in [-0.25, -0.2) is 4.39 Å². The largest absolute Gasteiger partial charge is 0.494 e. The second kappa shape index (κ2) is 9.09. The number of methoxy groups -OCH3 is 1. The Morgan fingerprint density at radius 2 is 1.97 bits per heavy atom. The van der Waals surface area contributed by atoms with Gasteiger partial charge in [0.05, 0.1) is 12.9 Å². The molecule has 29 heavy (non-hydrogen) atoms. The number of carbonyl (C=O) groups excluding carboxylic acids is 1. The number of aryl methyl sites for hydroxylation is 2. The van der Waals surface area contributed by atoms with Crippen LogP contribution in [0, 0.1) is 19.7 Å². The predicted molar refractivity (Wildman–Crippen MR) is 109 cm³/mol. The van der Waals surface area contributed by atoms with E-state index in [0.717, 1.165) is 11.1 Å². The molecule has 0 aliphatic heterocycles. The summed E-state index contributed by atoms with van der Waals surface area (Å²) in [7, 11) is 3.08. The Morgan fingerprint density at radius 3 is 2.66 bits per heavy atom. The number of aromatic nitrogens is 2. The van der Waals surface area contributed by atoms with Gasteiger partial charge in [-0.2, -0.15) is 0 Å². The summed E-state index contributed by atoms with van der Waals surface area (Å²) in [6.45, 7) is 4.35. The molecule has 6 nitrogen and oxygen atoms in total. The summed E-state index contributed by atoms with van der Waals surface area (Å²) in [6, 6.07) is 10.6. The molecular weight excluding hydrogens is 393 g/mol. The molecule has 3 rings (SSSR count). The number of amides is 1. The van der Waals surface area contributed by atoms with Gasteiger partial charge in [-0.15, -0.1) is 10.2 Å². The standard InChI is InChI=1S/C21H22FN3O3S/c1-13-5-7-16(9-14(13)2)20-23-24-21(28-20)29-12-19(26)25(3)11-15-6-8-18(27-4)17(22)10-15/h5-10H,11-12H2,1-4H3. The molecule has 0 saturated heterocycles. The van der Waals surface area contributed by atoms with Gasteiger partial charge in [0.25, 0.3) is 5.22 Å². The van der Waals surface area contributed by atoms with Crippen LogP contribution in [0.4, 0.5) is 4.39 Å². The minimum atomic E-state index is -0.454. The molecule has 0 spiro atoms. The van der Waals surface area contributed by atoms with Crippen LogP contribution in [0.2, 0.25) is 0 Å². The fraction of sp³-hybridized carbons (Fsp3) is 0.286. The molecule has 152 valence electrons. The first-order chi connectivity index (χ1) is 13.9. The van der Waals surface area contributed by atoms with Crippen molar-refractivity contribution < 1.29 is 18.3 Å². The topological polar surface area (TPSA) is 68.5 Å². The number of halogens is 1. The van der Waals surface area contributed by atoms with Gasteiger partial charge in [0.1, 0.15) is 0 Å². The van der Waals surface area contributed by atoms with Crippen molar-refractivity contribution in [2.24, 2.45) is 0 Å². The normalized spacial score (nSPS) is 10.8. The van der Waals surface area contributed by atoms with Gasteiger partial charge < -0.3 is 14.1 Å². The van der Waals surface area contributed by atoms with Crippen LogP contribution in [0.3, 0.4) is 0 Å². The van der Waals surface area contributed by atoms with Gasteiger partial charge in [-0.1, -0.05) is 23.9 Å².